The third kappa shape index (κ3) is 6.47. The van der Waals surface area contributed by atoms with Crippen LogP contribution in [0.3, 0.4) is 0 Å². The maximum absolute atomic E-state index is 11.6. The van der Waals surface area contributed by atoms with Crippen molar-refractivity contribution >= 4 is 29.7 Å². The highest BCUT2D eigenvalue weighted by atomic mass is 32.2. The molecule has 3 amide bonds. The van der Waals surface area contributed by atoms with E-state index in [1.54, 1.807) is 11.8 Å². The van der Waals surface area contributed by atoms with Gasteiger partial charge >= 0.3 is 12.0 Å². The Morgan fingerprint density at radius 3 is 2.63 bits per heavy atom. The van der Waals surface area contributed by atoms with Crippen LogP contribution in [0.15, 0.2) is 0 Å². The van der Waals surface area contributed by atoms with E-state index < -0.39 is 17.9 Å². The van der Waals surface area contributed by atoms with Gasteiger partial charge in [-0.2, -0.15) is 11.8 Å². The van der Waals surface area contributed by atoms with Gasteiger partial charge in [-0.3, -0.25) is 14.9 Å². The number of nitrogens with one attached hydrogen (secondary N) is 2. The van der Waals surface area contributed by atoms with Crippen molar-refractivity contribution < 1.29 is 19.5 Å². The molecule has 0 spiro atoms. The summed E-state index contributed by atoms with van der Waals surface area (Å²) in [7, 11) is 0. The van der Waals surface area contributed by atoms with Gasteiger partial charge in [-0.1, -0.05) is 6.42 Å². The Balaban J connectivity index is 2.26. The summed E-state index contributed by atoms with van der Waals surface area (Å²) in [6.45, 7) is 0. The average molecular weight is 288 g/mol. The number of hydrogen-bond acceptors (Lipinski definition) is 4. The zero-order chi connectivity index (χ0) is 14.3. The third-order valence-electron chi connectivity index (χ3n) is 3.11. The Morgan fingerprint density at radius 1 is 1.26 bits per heavy atom. The summed E-state index contributed by atoms with van der Waals surface area (Å²) in [5.41, 5.74) is 0. The molecule has 0 aromatic carbocycles. The number of rotatable bonds is 5. The number of carboxylic acid groups (broad SMARTS) is 1. The summed E-state index contributed by atoms with van der Waals surface area (Å²) < 4.78 is 0. The molecule has 0 bridgehead atoms. The van der Waals surface area contributed by atoms with Gasteiger partial charge in [0.2, 0.25) is 5.91 Å². The summed E-state index contributed by atoms with van der Waals surface area (Å²) >= 11 is 1.80. The SMILES string of the molecule is CSC1CCCC(NC(=O)NC(=O)CCC(=O)O)C1. The molecule has 1 saturated carbocycles. The second kappa shape index (κ2) is 8.04. The van der Waals surface area contributed by atoms with Crippen LogP contribution in [0.1, 0.15) is 38.5 Å². The predicted octanol–water partition coefficient (Wildman–Crippen LogP) is 1.35. The van der Waals surface area contributed by atoms with E-state index in [2.05, 4.69) is 16.9 Å². The van der Waals surface area contributed by atoms with E-state index in [9.17, 15) is 14.4 Å². The van der Waals surface area contributed by atoms with Gasteiger partial charge in [0.1, 0.15) is 0 Å². The molecular weight excluding hydrogens is 268 g/mol. The Morgan fingerprint density at radius 2 is 2.00 bits per heavy atom. The lowest BCUT2D eigenvalue weighted by molar-refractivity contribution is -0.138. The van der Waals surface area contributed by atoms with Gasteiger partial charge < -0.3 is 10.4 Å². The first-order valence-corrected chi connectivity index (χ1v) is 7.65. The van der Waals surface area contributed by atoms with Crippen molar-refractivity contribution in [2.24, 2.45) is 0 Å². The van der Waals surface area contributed by atoms with Gasteiger partial charge in [-0.15, -0.1) is 0 Å². The van der Waals surface area contributed by atoms with Gasteiger partial charge in [0.15, 0.2) is 0 Å². The van der Waals surface area contributed by atoms with Crippen LogP contribution >= 0.6 is 11.8 Å². The van der Waals surface area contributed by atoms with E-state index in [4.69, 9.17) is 5.11 Å². The number of hydrogen-bond donors (Lipinski definition) is 3. The van der Waals surface area contributed by atoms with E-state index in [0.717, 1.165) is 19.3 Å². The fourth-order valence-electron chi connectivity index (χ4n) is 2.12. The van der Waals surface area contributed by atoms with E-state index in [1.165, 1.54) is 6.42 Å². The van der Waals surface area contributed by atoms with Crippen molar-refractivity contribution in [3.05, 3.63) is 0 Å². The molecule has 6 nitrogen and oxygen atoms in total. The van der Waals surface area contributed by atoms with Crippen LogP contribution < -0.4 is 10.6 Å². The number of thioether (sulfide) groups is 1. The fraction of sp³-hybridized carbons (Fsp3) is 0.750. The molecule has 0 radical (unpaired) electrons. The van der Waals surface area contributed by atoms with Crippen LogP contribution in [0.2, 0.25) is 0 Å². The zero-order valence-electron chi connectivity index (χ0n) is 11.0. The standard InChI is InChI=1S/C12H20N2O4S/c1-19-9-4-2-3-8(7-9)13-12(18)14-10(15)5-6-11(16)17/h8-9H,2-7H2,1H3,(H,16,17)(H2,13,14,15,18). The second-order valence-electron chi connectivity index (χ2n) is 4.64. The maximum Gasteiger partial charge on any atom is 0.321 e. The molecule has 1 rings (SSSR count). The van der Waals surface area contributed by atoms with Crippen LogP contribution in [0.25, 0.3) is 0 Å². The smallest absolute Gasteiger partial charge is 0.321 e. The first kappa shape index (κ1) is 15.8. The minimum Gasteiger partial charge on any atom is -0.481 e. The molecule has 1 fully saturated rings. The van der Waals surface area contributed by atoms with Crippen LogP contribution in [0, 0.1) is 0 Å². The molecule has 0 aliphatic heterocycles. The number of urea groups is 1. The molecule has 19 heavy (non-hydrogen) atoms. The fourth-order valence-corrected chi connectivity index (χ4v) is 2.95. The predicted molar refractivity (Wildman–Crippen MR) is 73.1 cm³/mol. The molecule has 3 N–H and O–H groups in total. The van der Waals surface area contributed by atoms with Crippen LogP contribution in [0.4, 0.5) is 4.79 Å². The number of amides is 3. The molecule has 0 heterocycles. The van der Waals surface area contributed by atoms with Crippen LogP contribution in [0.5, 0.6) is 0 Å². The second-order valence-corrected chi connectivity index (χ2v) is 5.77. The van der Waals surface area contributed by atoms with Crippen molar-refractivity contribution in [1.29, 1.82) is 0 Å². The molecule has 0 aromatic rings. The molecule has 108 valence electrons. The lowest BCUT2D eigenvalue weighted by Gasteiger charge is -2.28. The van der Waals surface area contributed by atoms with E-state index in [1.807, 2.05) is 0 Å². The highest BCUT2D eigenvalue weighted by Gasteiger charge is 2.23. The largest absolute Gasteiger partial charge is 0.481 e. The molecule has 1 aliphatic carbocycles. The quantitative estimate of drug-likeness (QED) is 0.709. The average Bonchev–Trinajstić information content (AvgIpc) is 2.36. The minimum absolute atomic E-state index is 0.0958. The lowest BCUT2D eigenvalue weighted by Crippen LogP contribution is -2.46. The third-order valence-corrected chi connectivity index (χ3v) is 4.21. The van der Waals surface area contributed by atoms with Crippen molar-refractivity contribution in [3.63, 3.8) is 0 Å². The van der Waals surface area contributed by atoms with Crippen molar-refractivity contribution in [2.75, 3.05) is 6.26 Å². The summed E-state index contributed by atoms with van der Waals surface area (Å²) in [5.74, 6) is -1.61. The van der Waals surface area contributed by atoms with Gasteiger partial charge in [0, 0.05) is 17.7 Å². The molecule has 0 aromatic heterocycles. The number of aliphatic carboxylic acids is 1. The first-order chi connectivity index (χ1) is 9.01. The number of carbonyl (C=O) groups is 3. The van der Waals surface area contributed by atoms with Crippen molar-refractivity contribution in [1.82, 2.24) is 10.6 Å². The van der Waals surface area contributed by atoms with Crippen LogP contribution in [-0.2, 0) is 9.59 Å². The van der Waals surface area contributed by atoms with Gasteiger partial charge in [-0.05, 0) is 25.5 Å². The monoisotopic (exact) mass is 288 g/mol. The molecule has 7 heteroatoms. The van der Waals surface area contributed by atoms with Gasteiger partial charge in [0.05, 0.1) is 6.42 Å². The molecule has 2 unspecified atom stereocenters. The Labute approximate surface area is 116 Å². The number of imide groups is 1. The van der Waals surface area contributed by atoms with Crippen molar-refractivity contribution in [3.8, 4) is 0 Å². The van der Waals surface area contributed by atoms with Crippen LogP contribution in [-0.4, -0.2) is 40.6 Å². The molecular formula is C12H20N2O4S. The Bertz CT molecular complexity index is 349. The number of carboxylic acids is 1. The molecule has 1 aliphatic rings. The highest BCUT2D eigenvalue weighted by molar-refractivity contribution is 7.99. The normalized spacial score (nSPS) is 22.6. The van der Waals surface area contributed by atoms with E-state index >= 15 is 0 Å². The van der Waals surface area contributed by atoms with Gasteiger partial charge in [0.25, 0.3) is 0 Å². The molecule has 0 saturated heterocycles. The maximum atomic E-state index is 11.6. The Kier molecular flexibility index (Phi) is 6.69. The summed E-state index contributed by atoms with van der Waals surface area (Å²) in [4.78, 5) is 33.1. The summed E-state index contributed by atoms with van der Waals surface area (Å²) in [5, 5.41) is 13.9. The highest BCUT2D eigenvalue weighted by Crippen LogP contribution is 2.26. The summed E-state index contributed by atoms with van der Waals surface area (Å²) in [6.07, 6.45) is 5.69. The minimum atomic E-state index is -1.05. The van der Waals surface area contributed by atoms with Gasteiger partial charge in [-0.25, -0.2) is 4.79 Å². The zero-order valence-corrected chi connectivity index (χ0v) is 11.8. The summed E-state index contributed by atoms with van der Waals surface area (Å²) in [6, 6.07) is -0.430. The topological polar surface area (TPSA) is 95.5 Å². The molecule has 2 atom stereocenters. The first-order valence-electron chi connectivity index (χ1n) is 6.36. The lowest BCUT2D eigenvalue weighted by atomic mass is 9.95. The number of carbonyl (C=O) groups excluding carboxylic acids is 2. The van der Waals surface area contributed by atoms with Crippen molar-refractivity contribution in [2.45, 2.75) is 49.8 Å². The van der Waals surface area contributed by atoms with E-state index in [0.29, 0.717) is 5.25 Å². The Hall–Kier alpha value is -1.24. The van der Waals surface area contributed by atoms with E-state index in [-0.39, 0.29) is 18.9 Å².